The van der Waals surface area contributed by atoms with E-state index in [0.717, 1.165) is 16.2 Å². The normalized spacial score (nSPS) is 15.2. The molecule has 1 unspecified atom stereocenters. The highest BCUT2D eigenvalue weighted by molar-refractivity contribution is 5.82. The van der Waals surface area contributed by atoms with Crippen LogP contribution >= 0.6 is 0 Å². The summed E-state index contributed by atoms with van der Waals surface area (Å²) in [6.45, 7) is 9.49. The standard InChI is InChI=1S/C34H39F4N3O4/c1-18(2)10-29(41-15-22(12-27(37)34(41)45)8-9-40-16-24(35)17-40)33(44)39-28(14-30(42)43)25-13-23(11-20(4)32(25)38)31-19(3)6-7-26(36)21(31)5/h6-7,11-13,15,18,24,28-29H,8-10,14,16-17H2,1-5H3,(H,39,44)(H,42,43)/t28-,29?/m0/s1. The average molecular weight is 630 g/mol. The Hall–Kier alpha value is -3.99. The van der Waals surface area contributed by atoms with Crippen molar-refractivity contribution in [3.8, 4) is 11.1 Å². The largest absolute Gasteiger partial charge is 0.481 e. The van der Waals surface area contributed by atoms with Crippen LogP contribution in [-0.4, -0.2) is 52.3 Å². The summed E-state index contributed by atoms with van der Waals surface area (Å²) in [6.07, 6.45) is 0.239. The van der Waals surface area contributed by atoms with E-state index in [9.17, 15) is 32.7 Å². The summed E-state index contributed by atoms with van der Waals surface area (Å²) in [5.74, 6) is -4.48. The lowest BCUT2D eigenvalue weighted by atomic mass is 9.90. The molecule has 0 bridgehead atoms. The predicted molar refractivity (Wildman–Crippen MR) is 163 cm³/mol. The van der Waals surface area contributed by atoms with Crippen molar-refractivity contribution in [3.05, 3.63) is 92.2 Å². The van der Waals surface area contributed by atoms with E-state index in [1.54, 1.807) is 19.9 Å². The lowest BCUT2D eigenvalue weighted by molar-refractivity contribution is -0.138. The SMILES string of the molecule is Cc1cc(-c2c(C)ccc(F)c2C)cc([C@H](CC(=O)O)NC(=O)C(CC(C)C)n2cc(CCN3CC(F)C3)cc(F)c2=O)c1F. The van der Waals surface area contributed by atoms with Crippen LogP contribution in [0.5, 0.6) is 0 Å². The molecule has 1 aromatic heterocycles. The molecular formula is C34H39F4N3O4. The van der Waals surface area contributed by atoms with Gasteiger partial charge in [-0.1, -0.05) is 19.9 Å². The number of pyridine rings is 1. The monoisotopic (exact) mass is 629 g/mol. The van der Waals surface area contributed by atoms with Crippen LogP contribution in [0.25, 0.3) is 11.1 Å². The van der Waals surface area contributed by atoms with Crippen molar-refractivity contribution < 1.29 is 32.3 Å². The van der Waals surface area contributed by atoms with E-state index >= 15 is 4.39 Å². The third-order valence-electron chi connectivity index (χ3n) is 8.27. The van der Waals surface area contributed by atoms with Crippen LogP contribution in [0, 0.1) is 44.1 Å². The number of aryl methyl sites for hydroxylation is 2. The lowest BCUT2D eigenvalue weighted by Crippen LogP contribution is -2.49. The molecule has 0 aliphatic carbocycles. The van der Waals surface area contributed by atoms with Crippen molar-refractivity contribution in [1.82, 2.24) is 14.8 Å². The number of aliphatic carboxylic acids is 1. The molecule has 3 aromatic rings. The highest BCUT2D eigenvalue weighted by atomic mass is 19.1. The van der Waals surface area contributed by atoms with Gasteiger partial charge in [-0.25, -0.2) is 17.6 Å². The number of carbonyl (C=O) groups is 2. The number of nitrogens with zero attached hydrogens (tertiary/aromatic N) is 2. The van der Waals surface area contributed by atoms with Gasteiger partial charge in [-0.2, -0.15) is 0 Å². The molecule has 4 rings (SSSR count). The summed E-state index contributed by atoms with van der Waals surface area (Å²) in [7, 11) is 0. The number of hydrogen-bond acceptors (Lipinski definition) is 4. The van der Waals surface area contributed by atoms with Crippen molar-refractivity contribution in [2.45, 2.75) is 72.1 Å². The van der Waals surface area contributed by atoms with Gasteiger partial charge in [-0.3, -0.25) is 19.3 Å². The van der Waals surface area contributed by atoms with Crippen LogP contribution < -0.4 is 10.9 Å². The van der Waals surface area contributed by atoms with E-state index in [2.05, 4.69) is 5.32 Å². The Balaban J connectivity index is 1.72. The maximum atomic E-state index is 15.7. The van der Waals surface area contributed by atoms with Gasteiger partial charge in [0.15, 0.2) is 5.82 Å². The van der Waals surface area contributed by atoms with Crippen LogP contribution in [-0.2, 0) is 16.0 Å². The zero-order valence-corrected chi connectivity index (χ0v) is 26.1. The number of alkyl halides is 1. The Labute approximate surface area is 259 Å². The van der Waals surface area contributed by atoms with Crippen LogP contribution in [0.15, 0.2) is 41.3 Å². The maximum absolute atomic E-state index is 15.7. The van der Waals surface area contributed by atoms with Gasteiger partial charge in [0, 0.05) is 31.4 Å². The first-order valence-corrected chi connectivity index (χ1v) is 15.0. The van der Waals surface area contributed by atoms with E-state index in [1.807, 2.05) is 18.7 Å². The minimum atomic E-state index is -1.36. The van der Waals surface area contributed by atoms with Crippen molar-refractivity contribution >= 4 is 11.9 Å². The van der Waals surface area contributed by atoms with Gasteiger partial charge in [-0.05, 0) is 97.2 Å². The van der Waals surface area contributed by atoms with Gasteiger partial charge in [-0.15, -0.1) is 0 Å². The van der Waals surface area contributed by atoms with Crippen molar-refractivity contribution in [2.24, 2.45) is 5.92 Å². The molecule has 2 atom stereocenters. The zero-order valence-electron chi connectivity index (χ0n) is 26.1. The van der Waals surface area contributed by atoms with Gasteiger partial charge >= 0.3 is 5.97 Å². The number of carboxylic acid groups (broad SMARTS) is 1. The minimum Gasteiger partial charge on any atom is -0.481 e. The lowest BCUT2D eigenvalue weighted by Gasteiger charge is -2.34. The average Bonchev–Trinajstić information content (AvgIpc) is 2.94. The zero-order chi connectivity index (χ0) is 33.2. The van der Waals surface area contributed by atoms with Crippen LogP contribution in [0.2, 0.25) is 0 Å². The number of hydrogen-bond donors (Lipinski definition) is 2. The summed E-state index contributed by atoms with van der Waals surface area (Å²) in [5, 5.41) is 12.4. The quantitative estimate of drug-likeness (QED) is 0.241. The summed E-state index contributed by atoms with van der Waals surface area (Å²) < 4.78 is 59.3. The minimum absolute atomic E-state index is 0.104. The van der Waals surface area contributed by atoms with Crippen LogP contribution in [0.3, 0.4) is 0 Å². The number of carboxylic acids is 1. The molecule has 11 heteroatoms. The molecule has 45 heavy (non-hydrogen) atoms. The molecule has 0 saturated carbocycles. The first-order chi connectivity index (χ1) is 21.2. The molecule has 2 heterocycles. The second-order valence-electron chi connectivity index (χ2n) is 12.4. The Bertz CT molecular complexity index is 1650. The van der Waals surface area contributed by atoms with E-state index < -0.39 is 59.6 Å². The molecule has 0 spiro atoms. The molecular weight excluding hydrogens is 590 g/mol. The van der Waals surface area contributed by atoms with E-state index in [-0.39, 0.29) is 36.6 Å². The Morgan fingerprint density at radius 1 is 1.02 bits per heavy atom. The predicted octanol–water partition coefficient (Wildman–Crippen LogP) is 5.97. The molecule has 7 nitrogen and oxygen atoms in total. The number of aromatic nitrogens is 1. The molecule has 1 saturated heterocycles. The van der Waals surface area contributed by atoms with Gasteiger partial charge < -0.3 is 15.0 Å². The number of likely N-dealkylation sites (tertiary alicyclic amines) is 1. The number of halogens is 4. The maximum Gasteiger partial charge on any atom is 0.305 e. The number of nitrogens with one attached hydrogen (secondary N) is 1. The Kier molecular flexibility index (Phi) is 10.5. The fourth-order valence-electron chi connectivity index (χ4n) is 5.90. The van der Waals surface area contributed by atoms with Gasteiger partial charge in [0.2, 0.25) is 5.91 Å². The van der Waals surface area contributed by atoms with Gasteiger partial charge in [0.05, 0.1) is 12.5 Å². The molecule has 1 aliphatic heterocycles. The molecule has 1 aliphatic rings. The van der Waals surface area contributed by atoms with Crippen LogP contribution in [0.4, 0.5) is 17.6 Å². The summed E-state index contributed by atoms with van der Waals surface area (Å²) in [4.78, 5) is 40.7. The van der Waals surface area contributed by atoms with Gasteiger partial charge in [0.25, 0.3) is 5.56 Å². The van der Waals surface area contributed by atoms with Crippen molar-refractivity contribution in [1.29, 1.82) is 0 Å². The molecule has 0 radical (unpaired) electrons. The first-order valence-electron chi connectivity index (χ1n) is 15.0. The summed E-state index contributed by atoms with van der Waals surface area (Å²) in [5.41, 5.74) is 1.51. The molecule has 2 N–H and O–H groups in total. The van der Waals surface area contributed by atoms with E-state index in [0.29, 0.717) is 35.2 Å². The number of amides is 1. The molecule has 242 valence electrons. The van der Waals surface area contributed by atoms with E-state index in [1.165, 1.54) is 31.3 Å². The topological polar surface area (TPSA) is 91.6 Å². The molecule has 1 fully saturated rings. The highest BCUT2D eigenvalue weighted by Crippen LogP contribution is 2.34. The second kappa shape index (κ2) is 14.0. The number of carbonyl (C=O) groups excluding carboxylic acids is 1. The Morgan fingerprint density at radius 2 is 1.71 bits per heavy atom. The third-order valence-corrected chi connectivity index (χ3v) is 8.27. The fourth-order valence-corrected chi connectivity index (χ4v) is 5.90. The smallest absolute Gasteiger partial charge is 0.305 e. The summed E-state index contributed by atoms with van der Waals surface area (Å²) >= 11 is 0. The fraction of sp³-hybridized carbons (Fsp3) is 0.441. The Morgan fingerprint density at radius 3 is 2.33 bits per heavy atom. The van der Waals surface area contributed by atoms with Crippen molar-refractivity contribution in [2.75, 3.05) is 19.6 Å². The second-order valence-corrected chi connectivity index (χ2v) is 12.4. The van der Waals surface area contributed by atoms with Crippen LogP contribution in [0.1, 0.15) is 66.6 Å². The molecule has 1 amide bonds. The van der Waals surface area contributed by atoms with Crippen molar-refractivity contribution in [3.63, 3.8) is 0 Å². The first kappa shape index (κ1) is 33.9. The number of rotatable bonds is 12. The summed E-state index contributed by atoms with van der Waals surface area (Å²) in [6, 6.07) is 4.38. The third kappa shape index (κ3) is 7.81. The number of benzene rings is 2. The molecule has 2 aromatic carbocycles. The highest BCUT2D eigenvalue weighted by Gasteiger charge is 2.30. The van der Waals surface area contributed by atoms with E-state index in [4.69, 9.17) is 0 Å². The van der Waals surface area contributed by atoms with Gasteiger partial charge in [0.1, 0.15) is 23.8 Å².